The number of aryl methyl sites for hydroxylation is 2. The summed E-state index contributed by atoms with van der Waals surface area (Å²) in [6.45, 7) is 8.96. The minimum absolute atomic E-state index is 0.0580. The fraction of sp³-hybridized carbons (Fsp3) is 0.226. The van der Waals surface area contributed by atoms with Crippen LogP contribution in [0.1, 0.15) is 45.5 Å². The second-order valence-electron chi connectivity index (χ2n) is 9.53. The highest BCUT2D eigenvalue weighted by Crippen LogP contribution is 2.49. The molecule has 1 amide bonds. The summed E-state index contributed by atoms with van der Waals surface area (Å²) in [6.07, 6.45) is 7.22. The number of nitrogens with one attached hydrogen (secondary N) is 3. The predicted octanol–water partition coefficient (Wildman–Crippen LogP) is 5.14. The molecular formula is C31H30N4O. The van der Waals surface area contributed by atoms with Crippen molar-refractivity contribution in [1.82, 2.24) is 16.0 Å². The Morgan fingerprint density at radius 1 is 0.972 bits per heavy atom. The lowest BCUT2D eigenvalue weighted by Gasteiger charge is -2.22. The smallest absolute Gasteiger partial charge is 0.252 e. The molecule has 3 aromatic carbocycles. The maximum atomic E-state index is 13.5. The highest BCUT2D eigenvalue weighted by atomic mass is 16.1. The van der Waals surface area contributed by atoms with E-state index in [1.165, 1.54) is 33.5 Å². The first-order valence-corrected chi connectivity index (χ1v) is 12.4. The zero-order chi connectivity index (χ0) is 25.1. The van der Waals surface area contributed by atoms with Crippen LogP contribution in [-0.2, 0) is 24.9 Å². The van der Waals surface area contributed by atoms with Gasteiger partial charge in [0.1, 0.15) is 0 Å². The summed E-state index contributed by atoms with van der Waals surface area (Å²) in [6, 6.07) is 20.7. The molecule has 1 fully saturated rings. The monoisotopic (exact) mass is 474 g/mol. The highest BCUT2D eigenvalue weighted by Gasteiger charge is 2.47. The number of nitriles is 1. The highest BCUT2D eigenvalue weighted by molar-refractivity contribution is 5.98. The normalized spacial score (nSPS) is 14.9. The first-order chi connectivity index (χ1) is 17.5. The van der Waals surface area contributed by atoms with Gasteiger partial charge in [-0.1, -0.05) is 67.8 Å². The fourth-order valence-electron chi connectivity index (χ4n) is 5.14. The van der Waals surface area contributed by atoms with Gasteiger partial charge in [0.2, 0.25) is 0 Å². The van der Waals surface area contributed by atoms with Gasteiger partial charge in [-0.3, -0.25) is 4.79 Å². The quantitative estimate of drug-likeness (QED) is 0.281. The maximum absolute atomic E-state index is 13.5. The van der Waals surface area contributed by atoms with Crippen molar-refractivity contribution in [3.63, 3.8) is 0 Å². The molecule has 0 unspecified atom stereocenters. The van der Waals surface area contributed by atoms with E-state index in [0.29, 0.717) is 30.0 Å². The van der Waals surface area contributed by atoms with Crippen LogP contribution in [0.3, 0.4) is 0 Å². The number of hydrogen-bond donors (Lipinski definition) is 3. The van der Waals surface area contributed by atoms with E-state index in [0.717, 1.165) is 31.2 Å². The number of carbonyl (C=O) groups is 1. The molecule has 2 aliphatic rings. The summed E-state index contributed by atoms with van der Waals surface area (Å²) in [7, 11) is 0. The molecule has 36 heavy (non-hydrogen) atoms. The lowest BCUT2D eigenvalue weighted by molar-refractivity contribution is 0.0930. The number of hydrogen-bond acceptors (Lipinski definition) is 4. The predicted molar refractivity (Wildman–Crippen MR) is 144 cm³/mol. The Balaban J connectivity index is 1.30. The van der Waals surface area contributed by atoms with Crippen LogP contribution in [0.5, 0.6) is 0 Å². The summed E-state index contributed by atoms with van der Waals surface area (Å²) in [5.74, 6) is -0.0580. The Hall–Kier alpha value is -4.30. The van der Waals surface area contributed by atoms with E-state index in [2.05, 4.69) is 59.4 Å². The average molecular weight is 475 g/mol. The van der Waals surface area contributed by atoms with Gasteiger partial charge in [-0.2, -0.15) is 5.26 Å². The van der Waals surface area contributed by atoms with E-state index >= 15 is 0 Å². The zero-order valence-electron chi connectivity index (χ0n) is 20.4. The third kappa shape index (κ3) is 4.50. The van der Waals surface area contributed by atoms with Crippen molar-refractivity contribution >= 4 is 16.7 Å². The van der Waals surface area contributed by atoms with Crippen molar-refractivity contribution in [1.29, 1.82) is 5.26 Å². The number of benzene rings is 3. The standard InChI is InChI=1S/C31H30N4O/c1-21(33-19-6-5-18-32)22(2)34-20-25-8-3-4-10-26(25)30(36)35-31(16-17-31)28-15-14-24-13-12-23-9-7-11-27(28)29(23)24/h3-11,14-15,33-34H,1-2,12-13,16-17,19-20H2,(H,35,36)/b6-5+. The lowest BCUT2D eigenvalue weighted by Crippen LogP contribution is -2.36. The van der Waals surface area contributed by atoms with Crippen molar-refractivity contribution in [2.45, 2.75) is 37.8 Å². The molecule has 3 aromatic rings. The molecule has 5 nitrogen and oxygen atoms in total. The van der Waals surface area contributed by atoms with E-state index < -0.39 is 0 Å². The van der Waals surface area contributed by atoms with Crippen LogP contribution in [-0.4, -0.2) is 12.5 Å². The average Bonchev–Trinajstić information content (AvgIpc) is 3.55. The third-order valence-electron chi connectivity index (χ3n) is 7.24. The van der Waals surface area contributed by atoms with Gasteiger partial charge in [-0.25, -0.2) is 0 Å². The molecule has 0 atom stereocenters. The summed E-state index contributed by atoms with van der Waals surface area (Å²) in [4.78, 5) is 13.5. The minimum Gasteiger partial charge on any atom is -0.380 e. The molecule has 0 spiro atoms. The van der Waals surface area contributed by atoms with Crippen LogP contribution >= 0.6 is 0 Å². The van der Waals surface area contributed by atoms with Gasteiger partial charge in [-0.15, -0.1) is 0 Å². The number of nitrogens with zero attached hydrogens (tertiary/aromatic N) is 1. The van der Waals surface area contributed by atoms with E-state index in [9.17, 15) is 4.79 Å². The molecule has 0 saturated heterocycles. The molecule has 180 valence electrons. The largest absolute Gasteiger partial charge is 0.380 e. The van der Waals surface area contributed by atoms with Crippen LogP contribution in [0.2, 0.25) is 0 Å². The summed E-state index contributed by atoms with van der Waals surface area (Å²) in [5, 5.41) is 21.0. The lowest BCUT2D eigenvalue weighted by atomic mass is 9.93. The number of carbonyl (C=O) groups excluding carboxylic acids is 1. The summed E-state index contributed by atoms with van der Waals surface area (Å²) < 4.78 is 0. The molecule has 0 aliphatic heterocycles. The van der Waals surface area contributed by atoms with Gasteiger partial charge in [0.15, 0.2) is 0 Å². The van der Waals surface area contributed by atoms with Gasteiger partial charge < -0.3 is 16.0 Å². The summed E-state index contributed by atoms with van der Waals surface area (Å²) in [5.41, 5.74) is 6.59. The Labute approximate surface area is 212 Å². The molecule has 0 aromatic heterocycles. The second-order valence-corrected chi connectivity index (χ2v) is 9.53. The Kier molecular flexibility index (Phi) is 6.35. The van der Waals surface area contributed by atoms with Crippen molar-refractivity contribution in [3.05, 3.63) is 119 Å². The van der Waals surface area contributed by atoms with Gasteiger partial charge in [0.05, 0.1) is 11.6 Å². The SMILES string of the molecule is C=C(NC/C=C/C#N)C(=C)NCc1ccccc1C(=O)NC1(c2ccc3c4c(cccc24)CC3)CC1. The van der Waals surface area contributed by atoms with Gasteiger partial charge in [-0.05, 0) is 64.8 Å². The van der Waals surface area contributed by atoms with Crippen LogP contribution in [0, 0.1) is 11.3 Å². The second kappa shape index (κ2) is 9.75. The van der Waals surface area contributed by atoms with Crippen molar-refractivity contribution in [2.75, 3.05) is 6.54 Å². The molecule has 0 heterocycles. The van der Waals surface area contributed by atoms with E-state index in [1.54, 1.807) is 6.08 Å². The van der Waals surface area contributed by atoms with Gasteiger partial charge >= 0.3 is 0 Å². The molecular weight excluding hydrogens is 444 g/mol. The molecule has 0 radical (unpaired) electrons. The first-order valence-electron chi connectivity index (χ1n) is 12.4. The van der Waals surface area contributed by atoms with Crippen molar-refractivity contribution < 1.29 is 4.79 Å². The van der Waals surface area contributed by atoms with E-state index in [4.69, 9.17) is 5.26 Å². The number of rotatable bonds is 10. The van der Waals surface area contributed by atoms with Gasteiger partial charge in [0.25, 0.3) is 5.91 Å². The van der Waals surface area contributed by atoms with E-state index in [-0.39, 0.29) is 11.4 Å². The Morgan fingerprint density at radius 3 is 2.50 bits per heavy atom. The Morgan fingerprint density at radius 2 is 1.72 bits per heavy atom. The fourth-order valence-corrected chi connectivity index (χ4v) is 5.14. The van der Waals surface area contributed by atoms with Gasteiger partial charge in [0, 0.05) is 36.1 Å². The molecule has 0 bridgehead atoms. The van der Waals surface area contributed by atoms with Crippen LogP contribution in [0.25, 0.3) is 10.8 Å². The maximum Gasteiger partial charge on any atom is 0.252 e. The first kappa shape index (κ1) is 23.4. The molecule has 5 heteroatoms. The Bertz CT molecular complexity index is 1430. The van der Waals surface area contributed by atoms with Crippen LogP contribution in [0.15, 0.2) is 91.3 Å². The zero-order valence-corrected chi connectivity index (χ0v) is 20.4. The summed E-state index contributed by atoms with van der Waals surface area (Å²) >= 11 is 0. The number of amides is 1. The van der Waals surface area contributed by atoms with E-state index in [1.807, 2.05) is 30.3 Å². The van der Waals surface area contributed by atoms with Crippen molar-refractivity contribution in [3.8, 4) is 6.07 Å². The third-order valence-corrected chi connectivity index (χ3v) is 7.24. The van der Waals surface area contributed by atoms with Crippen LogP contribution in [0.4, 0.5) is 0 Å². The molecule has 2 aliphatic carbocycles. The molecule has 3 N–H and O–H groups in total. The topological polar surface area (TPSA) is 77.0 Å². The number of allylic oxidation sites excluding steroid dienone is 1. The minimum atomic E-state index is -0.309. The molecule has 1 saturated carbocycles. The van der Waals surface area contributed by atoms with Crippen LogP contribution < -0.4 is 16.0 Å². The molecule has 5 rings (SSSR count). The van der Waals surface area contributed by atoms with Crippen molar-refractivity contribution in [2.24, 2.45) is 0 Å².